The molecule has 1 aliphatic heterocycles. The molecule has 1 saturated heterocycles. The molecule has 0 spiro atoms. The summed E-state index contributed by atoms with van der Waals surface area (Å²) in [5.41, 5.74) is -1.50. The average Bonchev–Trinajstić information content (AvgIpc) is 2.89. The van der Waals surface area contributed by atoms with Crippen molar-refractivity contribution in [3.05, 3.63) is 68.0 Å². The van der Waals surface area contributed by atoms with Gasteiger partial charge in [0.05, 0.1) is 5.56 Å². The summed E-state index contributed by atoms with van der Waals surface area (Å²) in [6.07, 6.45) is 0.368. The molecule has 0 bridgehead atoms. The lowest BCUT2D eigenvalue weighted by molar-refractivity contribution is -0.315. The van der Waals surface area contributed by atoms with Crippen LogP contribution in [0, 0.1) is 0 Å². The number of carbonyl (C=O) groups is 1. The Kier molecular flexibility index (Phi) is 4.70. The van der Waals surface area contributed by atoms with Gasteiger partial charge in [-0.1, -0.05) is 17.7 Å². The fourth-order valence-corrected chi connectivity index (χ4v) is 2.77. The van der Waals surface area contributed by atoms with Gasteiger partial charge in [-0.2, -0.15) is 0 Å². The second kappa shape index (κ2) is 6.67. The van der Waals surface area contributed by atoms with E-state index in [0.29, 0.717) is 9.59 Å². The minimum atomic E-state index is -2.50. The van der Waals surface area contributed by atoms with Gasteiger partial charge in [0.1, 0.15) is 0 Å². The van der Waals surface area contributed by atoms with Crippen molar-refractivity contribution in [3.63, 3.8) is 0 Å². The molecular weight excluding hydrogens is 371 g/mol. The smallest absolute Gasteiger partial charge is 0.338 e. The zero-order chi connectivity index (χ0) is 18.9. The molecule has 0 saturated carbocycles. The quantitative estimate of drug-likeness (QED) is 0.764. The van der Waals surface area contributed by atoms with E-state index in [2.05, 4.69) is 0 Å². The van der Waals surface area contributed by atoms with E-state index in [1.807, 2.05) is 4.98 Å². The third-order valence-corrected chi connectivity index (χ3v) is 4.08. The molecule has 3 rings (SSSR count). The normalized spacial score (nSPS) is 25.2. The summed E-state index contributed by atoms with van der Waals surface area (Å²) in [5, 5.41) is 10.7. The number of esters is 1. The van der Waals surface area contributed by atoms with Gasteiger partial charge in [0, 0.05) is 30.1 Å². The molecule has 10 heteroatoms. The summed E-state index contributed by atoms with van der Waals surface area (Å²) in [7, 11) is 0. The Balaban J connectivity index is 1.71. The second-order valence-electron chi connectivity index (χ2n) is 5.79. The van der Waals surface area contributed by atoms with Crippen molar-refractivity contribution in [1.82, 2.24) is 9.55 Å². The van der Waals surface area contributed by atoms with Crippen molar-refractivity contribution in [1.29, 1.82) is 0 Å². The van der Waals surface area contributed by atoms with Crippen molar-refractivity contribution in [2.24, 2.45) is 0 Å². The molecule has 0 amide bonds. The molecular formula is C16H14ClFN2O6. The minimum absolute atomic E-state index is 0.131. The number of carbonyl (C=O) groups excluding carboxylic acids is 1. The van der Waals surface area contributed by atoms with Crippen molar-refractivity contribution >= 4 is 17.6 Å². The first-order valence-electron chi connectivity index (χ1n) is 7.57. The van der Waals surface area contributed by atoms with Crippen LogP contribution in [0.4, 0.5) is 4.39 Å². The maximum absolute atomic E-state index is 14.8. The van der Waals surface area contributed by atoms with Crippen molar-refractivity contribution in [2.75, 3.05) is 6.61 Å². The zero-order valence-electron chi connectivity index (χ0n) is 13.3. The van der Waals surface area contributed by atoms with E-state index in [-0.39, 0.29) is 18.4 Å². The Morgan fingerprint density at radius 2 is 2.15 bits per heavy atom. The Hall–Kier alpha value is -2.49. The van der Waals surface area contributed by atoms with Gasteiger partial charge in [0.25, 0.3) is 11.5 Å². The lowest BCUT2D eigenvalue weighted by atomic mass is 10.2. The van der Waals surface area contributed by atoms with Gasteiger partial charge in [-0.3, -0.25) is 14.5 Å². The van der Waals surface area contributed by atoms with Crippen LogP contribution in [-0.2, 0) is 15.4 Å². The van der Waals surface area contributed by atoms with E-state index in [0.717, 1.165) is 12.3 Å². The summed E-state index contributed by atoms with van der Waals surface area (Å²) < 4.78 is 25.3. The number of aliphatic hydroxyl groups is 1. The number of nitrogens with zero attached hydrogens (tertiary/aromatic N) is 1. The Labute approximate surface area is 150 Å². The molecule has 0 radical (unpaired) electrons. The molecule has 2 N–H and O–H groups in total. The lowest BCUT2D eigenvalue weighted by Gasteiger charge is -2.27. The summed E-state index contributed by atoms with van der Waals surface area (Å²) in [5.74, 6) is -5.62. The first kappa shape index (κ1) is 18.3. The van der Waals surface area contributed by atoms with Crippen molar-refractivity contribution < 1.29 is 23.8 Å². The van der Waals surface area contributed by atoms with E-state index < -0.39 is 35.6 Å². The van der Waals surface area contributed by atoms with E-state index in [1.165, 1.54) is 18.2 Å². The van der Waals surface area contributed by atoms with Gasteiger partial charge < -0.3 is 9.84 Å². The summed E-state index contributed by atoms with van der Waals surface area (Å²) >= 11 is 5.78. The highest BCUT2D eigenvalue weighted by Crippen LogP contribution is 2.40. The van der Waals surface area contributed by atoms with E-state index >= 15 is 0 Å². The predicted molar refractivity (Wildman–Crippen MR) is 87.4 cm³/mol. The summed E-state index contributed by atoms with van der Waals surface area (Å²) in [4.78, 5) is 36.8. The zero-order valence-corrected chi connectivity index (χ0v) is 14.0. The first-order valence-corrected chi connectivity index (χ1v) is 7.95. The fraction of sp³-hybridized carbons (Fsp3) is 0.312. The van der Waals surface area contributed by atoms with Crippen LogP contribution in [0.25, 0.3) is 0 Å². The van der Waals surface area contributed by atoms with Gasteiger partial charge in [-0.25, -0.2) is 18.5 Å². The number of benzene rings is 1. The van der Waals surface area contributed by atoms with Gasteiger partial charge >= 0.3 is 11.7 Å². The molecule has 1 aromatic carbocycles. The average molecular weight is 385 g/mol. The fourth-order valence-electron chi connectivity index (χ4n) is 2.58. The third-order valence-electron chi connectivity index (χ3n) is 3.85. The van der Waals surface area contributed by atoms with Crippen LogP contribution in [0.5, 0.6) is 0 Å². The number of hydrogen-bond donors (Lipinski definition) is 2. The number of halogens is 2. The van der Waals surface area contributed by atoms with Crippen molar-refractivity contribution in [2.45, 2.75) is 24.6 Å². The standard InChI is InChI=1S/C16H14ClFN2O6/c17-11-3-1-2-10(8-11)13(22)25-9-15(18)5-6-16(24,26-15)20-7-4-12(21)19-14(20)23/h1-4,7-8,24H,5-6,9H2,(H,19,21,23). The number of nitrogens with one attached hydrogen (secondary N) is 1. The molecule has 8 nitrogen and oxygen atoms in total. The van der Waals surface area contributed by atoms with Crippen molar-refractivity contribution in [3.8, 4) is 0 Å². The highest BCUT2D eigenvalue weighted by atomic mass is 35.5. The van der Waals surface area contributed by atoms with E-state index in [9.17, 15) is 23.9 Å². The van der Waals surface area contributed by atoms with E-state index in [4.69, 9.17) is 21.1 Å². The molecule has 138 valence electrons. The van der Waals surface area contributed by atoms with Gasteiger partial charge in [-0.15, -0.1) is 0 Å². The molecule has 2 aromatic rings. The first-order chi connectivity index (χ1) is 12.2. The topological polar surface area (TPSA) is 111 Å². The highest BCUT2D eigenvalue weighted by Gasteiger charge is 2.52. The predicted octanol–water partition coefficient (Wildman–Crippen LogP) is 1.13. The number of hydrogen-bond acceptors (Lipinski definition) is 6. The third kappa shape index (κ3) is 3.69. The largest absolute Gasteiger partial charge is 0.456 e. The van der Waals surface area contributed by atoms with Crippen LogP contribution >= 0.6 is 11.6 Å². The SMILES string of the molecule is O=C(OCC1(F)CCC(O)(n2ccc(=O)[nH]c2=O)O1)c1cccc(Cl)c1. The number of aromatic nitrogens is 2. The van der Waals surface area contributed by atoms with Gasteiger partial charge in [0.2, 0.25) is 5.85 Å². The number of alkyl halides is 1. The summed E-state index contributed by atoms with van der Waals surface area (Å²) in [6, 6.07) is 6.90. The van der Waals surface area contributed by atoms with Crippen LogP contribution < -0.4 is 11.2 Å². The molecule has 26 heavy (non-hydrogen) atoms. The van der Waals surface area contributed by atoms with Gasteiger partial charge in [0.15, 0.2) is 6.61 Å². The second-order valence-corrected chi connectivity index (χ2v) is 6.23. The van der Waals surface area contributed by atoms with Crippen LogP contribution in [-0.4, -0.2) is 33.1 Å². The number of aromatic amines is 1. The van der Waals surface area contributed by atoms with Crippen LogP contribution in [0.1, 0.15) is 23.2 Å². The maximum atomic E-state index is 14.8. The number of rotatable bonds is 4. The lowest BCUT2D eigenvalue weighted by Crippen LogP contribution is -2.45. The Morgan fingerprint density at radius 1 is 1.38 bits per heavy atom. The molecule has 1 aliphatic rings. The number of ether oxygens (including phenoxy) is 2. The Bertz CT molecular complexity index is 960. The van der Waals surface area contributed by atoms with Crippen LogP contribution in [0.2, 0.25) is 5.02 Å². The van der Waals surface area contributed by atoms with Crippen LogP contribution in [0.15, 0.2) is 46.1 Å². The summed E-state index contributed by atoms with van der Waals surface area (Å²) in [6.45, 7) is -0.793. The molecule has 2 atom stereocenters. The maximum Gasteiger partial charge on any atom is 0.338 e. The molecule has 1 fully saturated rings. The van der Waals surface area contributed by atoms with Crippen LogP contribution in [0.3, 0.4) is 0 Å². The molecule has 0 aliphatic carbocycles. The number of H-pyrrole nitrogens is 1. The monoisotopic (exact) mass is 384 g/mol. The van der Waals surface area contributed by atoms with E-state index in [1.54, 1.807) is 6.07 Å². The molecule has 2 heterocycles. The van der Waals surface area contributed by atoms with Gasteiger partial charge in [-0.05, 0) is 18.2 Å². The molecule has 1 aromatic heterocycles. The Morgan fingerprint density at radius 3 is 2.85 bits per heavy atom. The molecule has 2 unspecified atom stereocenters. The highest BCUT2D eigenvalue weighted by molar-refractivity contribution is 6.30. The minimum Gasteiger partial charge on any atom is -0.456 e.